The number of hydrogen-bond donors (Lipinski definition) is 0. The van der Waals surface area contributed by atoms with E-state index in [1.165, 1.54) is 33.6 Å². The van der Waals surface area contributed by atoms with Gasteiger partial charge in [-0.3, -0.25) is 0 Å². The summed E-state index contributed by atoms with van der Waals surface area (Å²) in [5.41, 5.74) is 8.28. The number of nitrogens with zero attached hydrogens (tertiary/aromatic N) is 2. The van der Waals surface area contributed by atoms with E-state index in [0.29, 0.717) is 23.7 Å². The van der Waals surface area contributed by atoms with Gasteiger partial charge in [0.05, 0.1) is 0 Å². The molecule has 2 aromatic carbocycles. The van der Waals surface area contributed by atoms with E-state index in [2.05, 4.69) is 108 Å². The number of anilines is 2. The number of rotatable bonds is 6. The highest BCUT2D eigenvalue weighted by Crippen LogP contribution is 2.37. The highest BCUT2D eigenvalue weighted by Gasteiger charge is 2.27. The molecule has 2 nitrogen and oxygen atoms in total. The van der Waals surface area contributed by atoms with Crippen molar-refractivity contribution >= 4 is 11.4 Å². The summed E-state index contributed by atoms with van der Waals surface area (Å²) < 4.78 is 0. The van der Waals surface area contributed by atoms with Crippen molar-refractivity contribution < 1.29 is 0 Å². The van der Waals surface area contributed by atoms with Crippen LogP contribution in [0.1, 0.15) is 101 Å². The molecular formula is C27H38N2. The van der Waals surface area contributed by atoms with Crippen LogP contribution in [-0.4, -0.2) is 13.1 Å². The molecule has 0 amide bonds. The predicted octanol–water partition coefficient (Wildman–Crippen LogP) is 7.50. The summed E-state index contributed by atoms with van der Waals surface area (Å²) in [5.74, 6) is 2.10. The smallest absolute Gasteiger partial charge is 0.208 e. The van der Waals surface area contributed by atoms with Gasteiger partial charge in [-0.05, 0) is 58.1 Å². The summed E-state index contributed by atoms with van der Waals surface area (Å²) in [5, 5.41) is 0. The minimum absolute atomic E-state index is 0.496. The Bertz CT molecular complexity index is 763. The largest absolute Gasteiger partial charge is 0.339 e. The molecule has 0 N–H and O–H groups in total. The molecule has 1 aliphatic rings. The molecule has 2 aromatic rings. The van der Waals surface area contributed by atoms with E-state index >= 15 is 0 Å². The Morgan fingerprint density at radius 1 is 0.586 bits per heavy atom. The lowest BCUT2D eigenvalue weighted by atomic mass is 9.93. The monoisotopic (exact) mass is 390 g/mol. The van der Waals surface area contributed by atoms with Crippen LogP contribution in [0, 0.1) is 6.67 Å². The van der Waals surface area contributed by atoms with Gasteiger partial charge in [0.15, 0.2) is 0 Å². The maximum atomic E-state index is 3.68. The molecule has 156 valence electrons. The zero-order valence-electron chi connectivity index (χ0n) is 19.6. The van der Waals surface area contributed by atoms with Gasteiger partial charge in [-0.15, -0.1) is 0 Å². The second-order valence-electron chi connectivity index (χ2n) is 9.66. The molecule has 1 fully saturated rings. The first-order valence-electron chi connectivity index (χ1n) is 11.3. The topological polar surface area (TPSA) is 6.48 Å². The lowest BCUT2D eigenvalue weighted by molar-refractivity contribution is 0.826. The van der Waals surface area contributed by atoms with Gasteiger partial charge in [0.1, 0.15) is 0 Å². The first-order chi connectivity index (χ1) is 13.7. The SMILES string of the molecule is CC(C)c1ccc(N2[C]N(c3ccc(C(C)C)cc3C(C)C)CC2)c(C(C)C)c1. The molecule has 0 aromatic heterocycles. The first kappa shape index (κ1) is 21.7. The molecule has 0 bridgehead atoms. The van der Waals surface area contributed by atoms with Gasteiger partial charge in [0, 0.05) is 24.5 Å². The Kier molecular flexibility index (Phi) is 6.61. The van der Waals surface area contributed by atoms with Crippen molar-refractivity contribution in [1.29, 1.82) is 0 Å². The second-order valence-corrected chi connectivity index (χ2v) is 9.66. The summed E-state index contributed by atoms with van der Waals surface area (Å²) >= 11 is 0. The van der Waals surface area contributed by atoms with E-state index in [9.17, 15) is 0 Å². The Labute approximate surface area is 178 Å². The van der Waals surface area contributed by atoms with Crippen molar-refractivity contribution in [3.63, 3.8) is 0 Å². The van der Waals surface area contributed by atoms with Gasteiger partial charge in [-0.1, -0.05) is 79.7 Å². The standard InChI is InChI=1S/C27H38N2/c1-18(2)22-9-11-26(24(15-22)20(5)6)28-13-14-29(17-28)27-12-10-23(19(3)4)16-25(27)21(7)8/h9-12,15-16,18-21H,13-14H2,1-8H3. The highest BCUT2D eigenvalue weighted by molar-refractivity contribution is 5.65. The zero-order chi connectivity index (χ0) is 21.3. The highest BCUT2D eigenvalue weighted by atomic mass is 15.4. The summed E-state index contributed by atoms with van der Waals surface area (Å²) in [7, 11) is 0. The predicted molar refractivity (Wildman–Crippen MR) is 127 cm³/mol. The Balaban J connectivity index is 1.89. The van der Waals surface area contributed by atoms with Crippen LogP contribution in [0.2, 0.25) is 0 Å². The molecular weight excluding hydrogens is 352 g/mol. The third-order valence-corrected chi connectivity index (χ3v) is 6.05. The Morgan fingerprint density at radius 2 is 0.966 bits per heavy atom. The molecule has 1 aliphatic heterocycles. The molecule has 1 saturated heterocycles. The Hall–Kier alpha value is -1.96. The van der Waals surface area contributed by atoms with Gasteiger partial charge in [-0.25, -0.2) is 0 Å². The molecule has 3 rings (SSSR count). The third kappa shape index (κ3) is 4.63. The summed E-state index contributed by atoms with van der Waals surface area (Å²) in [6.07, 6.45) is 0. The van der Waals surface area contributed by atoms with E-state index in [1.54, 1.807) is 0 Å². The summed E-state index contributed by atoms with van der Waals surface area (Å²) in [4.78, 5) is 4.64. The van der Waals surface area contributed by atoms with Crippen molar-refractivity contribution in [2.24, 2.45) is 0 Å². The lowest BCUT2D eigenvalue weighted by Gasteiger charge is -2.26. The van der Waals surface area contributed by atoms with Crippen molar-refractivity contribution in [3.8, 4) is 0 Å². The van der Waals surface area contributed by atoms with E-state index < -0.39 is 0 Å². The van der Waals surface area contributed by atoms with Gasteiger partial charge >= 0.3 is 0 Å². The van der Waals surface area contributed by atoms with Crippen molar-refractivity contribution in [3.05, 3.63) is 65.3 Å². The van der Waals surface area contributed by atoms with Crippen LogP contribution in [0.3, 0.4) is 0 Å². The number of hydrogen-bond acceptors (Lipinski definition) is 2. The van der Waals surface area contributed by atoms with Crippen LogP contribution in [-0.2, 0) is 0 Å². The molecule has 0 saturated carbocycles. The van der Waals surface area contributed by atoms with Gasteiger partial charge in [0.2, 0.25) is 6.67 Å². The maximum Gasteiger partial charge on any atom is 0.208 e. The van der Waals surface area contributed by atoms with Gasteiger partial charge in [0.25, 0.3) is 0 Å². The molecule has 29 heavy (non-hydrogen) atoms. The molecule has 2 radical (unpaired) electrons. The van der Waals surface area contributed by atoms with Gasteiger partial charge < -0.3 is 9.80 Å². The van der Waals surface area contributed by atoms with E-state index in [1.807, 2.05) is 0 Å². The molecule has 0 aliphatic carbocycles. The molecule has 0 unspecified atom stereocenters. The summed E-state index contributed by atoms with van der Waals surface area (Å²) in [6, 6.07) is 14.0. The summed E-state index contributed by atoms with van der Waals surface area (Å²) in [6.45, 7) is 23.9. The van der Waals surface area contributed by atoms with Crippen LogP contribution in [0.5, 0.6) is 0 Å². The molecule has 2 heteroatoms. The van der Waals surface area contributed by atoms with E-state index in [-0.39, 0.29) is 0 Å². The van der Waals surface area contributed by atoms with Crippen LogP contribution >= 0.6 is 0 Å². The van der Waals surface area contributed by atoms with Crippen molar-refractivity contribution in [1.82, 2.24) is 0 Å². The van der Waals surface area contributed by atoms with Crippen LogP contribution in [0.4, 0.5) is 11.4 Å². The second kappa shape index (κ2) is 8.81. The van der Waals surface area contributed by atoms with Gasteiger partial charge in [-0.2, -0.15) is 0 Å². The normalized spacial score (nSPS) is 14.9. The lowest BCUT2D eigenvalue weighted by Crippen LogP contribution is -2.21. The molecule has 1 heterocycles. The fraction of sp³-hybridized carbons (Fsp3) is 0.519. The van der Waals surface area contributed by atoms with E-state index in [0.717, 1.165) is 13.1 Å². The fourth-order valence-corrected chi connectivity index (χ4v) is 4.08. The quantitative estimate of drug-likeness (QED) is 0.504. The van der Waals surface area contributed by atoms with Crippen molar-refractivity contribution in [2.75, 3.05) is 22.9 Å². The van der Waals surface area contributed by atoms with Crippen LogP contribution in [0.15, 0.2) is 36.4 Å². The fourth-order valence-electron chi connectivity index (χ4n) is 4.08. The molecule has 0 spiro atoms. The molecule has 0 atom stereocenters. The zero-order valence-corrected chi connectivity index (χ0v) is 19.6. The van der Waals surface area contributed by atoms with Crippen molar-refractivity contribution in [2.45, 2.75) is 79.1 Å². The minimum atomic E-state index is 0.496. The Morgan fingerprint density at radius 3 is 1.28 bits per heavy atom. The third-order valence-electron chi connectivity index (χ3n) is 6.05. The average Bonchev–Trinajstić information content (AvgIpc) is 3.16. The number of benzene rings is 2. The van der Waals surface area contributed by atoms with Crippen LogP contribution in [0.25, 0.3) is 0 Å². The minimum Gasteiger partial charge on any atom is -0.339 e. The maximum absolute atomic E-state index is 3.68. The van der Waals surface area contributed by atoms with E-state index in [4.69, 9.17) is 0 Å². The van der Waals surface area contributed by atoms with Crippen LogP contribution < -0.4 is 9.80 Å². The first-order valence-corrected chi connectivity index (χ1v) is 11.3. The average molecular weight is 391 g/mol.